The summed E-state index contributed by atoms with van der Waals surface area (Å²) < 4.78 is 0. The fourth-order valence-electron chi connectivity index (χ4n) is 3.05. The van der Waals surface area contributed by atoms with Crippen molar-refractivity contribution >= 4 is 0 Å². The van der Waals surface area contributed by atoms with Gasteiger partial charge < -0.3 is 26.0 Å². The second-order valence-electron chi connectivity index (χ2n) is 7.66. The predicted molar refractivity (Wildman–Crippen MR) is 110 cm³/mol. The number of nitrogens with two attached hydrogens (primary N) is 1. The third-order valence-corrected chi connectivity index (χ3v) is 5.09. The van der Waals surface area contributed by atoms with Gasteiger partial charge in [0, 0.05) is 6.61 Å². The van der Waals surface area contributed by atoms with Crippen molar-refractivity contribution in [3.8, 4) is 0 Å². The molecule has 2 aliphatic heterocycles. The lowest BCUT2D eigenvalue weighted by Crippen LogP contribution is -2.35. The van der Waals surface area contributed by atoms with Gasteiger partial charge in [-0.2, -0.15) is 0 Å². The predicted octanol–water partition coefficient (Wildman–Crippen LogP) is 2.00. The summed E-state index contributed by atoms with van der Waals surface area (Å²) in [5, 5.41) is 11.4. The second kappa shape index (κ2) is 17.2. The number of piperidine rings is 2. The zero-order valence-corrected chi connectivity index (χ0v) is 17.5. The Morgan fingerprint density at radius 2 is 1.32 bits per heavy atom. The molecule has 2 rings (SSSR count). The van der Waals surface area contributed by atoms with Crippen LogP contribution in [0.25, 0.3) is 0 Å². The van der Waals surface area contributed by atoms with Crippen LogP contribution in [0.1, 0.15) is 52.4 Å². The first-order valence-electron chi connectivity index (χ1n) is 10.5. The Labute approximate surface area is 157 Å². The summed E-state index contributed by atoms with van der Waals surface area (Å²) in [5.41, 5.74) is 5.53. The Morgan fingerprint density at radius 3 is 1.68 bits per heavy atom. The van der Waals surface area contributed by atoms with Crippen LogP contribution in [0, 0.1) is 11.8 Å². The minimum absolute atomic E-state index is 0.319. The number of likely N-dealkylation sites (tertiary alicyclic amines) is 2. The summed E-state index contributed by atoms with van der Waals surface area (Å²) in [4.78, 5) is 4.79. The van der Waals surface area contributed by atoms with E-state index in [1.54, 1.807) is 0 Å². The Balaban J connectivity index is 0.000000391. The molecule has 25 heavy (non-hydrogen) atoms. The Kier molecular flexibility index (Phi) is 17.1. The van der Waals surface area contributed by atoms with Gasteiger partial charge in [-0.25, -0.2) is 0 Å². The van der Waals surface area contributed by atoms with E-state index >= 15 is 0 Å². The first kappa shape index (κ1) is 24.8. The lowest BCUT2D eigenvalue weighted by molar-refractivity contribution is 0.216. The van der Waals surface area contributed by atoms with Crippen molar-refractivity contribution in [1.29, 1.82) is 0 Å². The van der Waals surface area contributed by atoms with Crippen molar-refractivity contribution in [3.05, 3.63) is 0 Å². The van der Waals surface area contributed by atoms with Gasteiger partial charge in [0.15, 0.2) is 0 Å². The summed E-state index contributed by atoms with van der Waals surface area (Å²) in [6, 6.07) is 0. The molecule has 0 bridgehead atoms. The van der Waals surface area contributed by atoms with E-state index in [1.165, 1.54) is 71.4 Å². The van der Waals surface area contributed by atoms with Crippen LogP contribution in [0.15, 0.2) is 0 Å². The quantitative estimate of drug-likeness (QED) is 0.634. The summed E-state index contributed by atoms with van der Waals surface area (Å²) in [6.45, 7) is 12.8. The highest BCUT2D eigenvalue weighted by molar-refractivity contribution is 4.71. The number of aliphatic hydroxyl groups excluding tert-OH is 1. The highest BCUT2D eigenvalue weighted by atomic mass is 16.2. The molecule has 0 radical (unpaired) electrons. The van der Waals surface area contributed by atoms with Gasteiger partial charge in [-0.15, -0.1) is 0 Å². The maximum Gasteiger partial charge on any atom is 0.0428 e. The number of hydrogen-bond acceptors (Lipinski definition) is 5. The molecule has 2 aliphatic rings. The molecule has 0 aromatic carbocycles. The van der Waals surface area contributed by atoms with Crippen LogP contribution in [0.3, 0.4) is 0 Å². The molecule has 5 nitrogen and oxygen atoms in total. The maximum absolute atomic E-state index is 7.88. The Morgan fingerprint density at radius 1 is 0.880 bits per heavy atom. The molecule has 0 amide bonds. The highest BCUT2D eigenvalue weighted by Gasteiger charge is 2.15. The first-order chi connectivity index (χ1) is 12.1. The van der Waals surface area contributed by atoms with Gasteiger partial charge in [-0.3, -0.25) is 0 Å². The topological polar surface area (TPSA) is 64.8 Å². The third-order valence-electron chi connectivity index (χ3n) is 5.09. The molecule has 5 heteroatoms. The van der Waals surface area contributed by atoms with E-state index in [9.17, 15) is 0 Å². The molecule has 152 valence electrons. The van der Waals surface area contributed by atoms with Crippen molar-refractivity contribution in [1.82, 2.24) is 15.1 Å². The SMILES string of the molecule is CCCNCC1CCN(C)CC1.CCCO.CN1CCC(CN)CC1. The van der Waals surface area contributed by atoms with Crippen LogP contribution in [0.5, 0.6) is 0 Å². The lowest BCUT2D eigenvalue weighted by Gasteiger charge is -2.28. The maximum atomic E-state index is 7.88. The zero-order valence-electron chi connectivity index (χ0n) is 17.5. The molecule has 0 aromatic rings. The minimum Gasteiger partial charge on any atom is -0.396 e. The van der Waals surface area contributed by atoms with Crippen molar-refractivity contribution in [3.63, 3.8) is 0 Å². The molecule has 0 atom stereocenters. The van der Waals surface area contributed by atoms with E-state index in [4.69, 9.17) is 10.8 Å². The molecule has 0 aliphatic carbocycles. The smallest absolute Gasteiger partial charge is 0.0428 e. The summed E-state index contributed by atoms with van der Waals surface area (Å²) in [5.74, 6) is 1.74. The molecule has 0 saturated carbocycles. The van der Waals surface area contributed by atoms with Gasteiger partial charge in [0.05, 0.1) is 0 Å². The fourth-order valence-corrected chi connectivity index (χ4v) is 3.05. The normalized spacial score (nSPS) is 20.4. The minimum atomic E-state index is 0.319. The summed E-state index contributed by atoms with van der Waals surface area (Å²) >= 11 is 0. The van der Waals surface area contributed by atoms with Crippen LogP contribution < -0.4 is 11.1 Å². The van der Waals surface area contributed by atoms with Gasteiger partial charge in [0.1, 0.15) is 0 Å². The van der Waals surface area contributed by atoms with E-state index in [-0.39, 0.29) is 0 Å². The van der Waals surface area contributed by atoms with Crippen LogP contribution in [0.2, 0.25) is 0 Å². The number of hydrogen-bond donors (Lipinski definition) is 3. The second-order valence-corrected chi connectivity index (χ2v) is 7.66. The van der Waals surface area contributed by atoms with Crippen molar-refractivity contribution in [2.24, 2.45) is 17.6 Å². The molecular weight excluding hydrogens is 312 g/mol. The van der Waals surface area contributed by atoms with Gasteiger partial charge >= 0.3 is 0 Å². The number of rotatable bonds is 6. The number of aliphatic hydroxyl groups is 1. The average molecular weight is 359 g/mol. The van der Waals surface area contributed by atoms with Gasteiger partial charge in [-0.1, -0.05) is 13.8 Å². The standard InChI is InChI=1S/C10H22N2.C7H16N2.C3H8O/c1-3-6-11-9-10-4-7-12(2)8-5-10;1-9-4-2-7(6-8)3-5-9;1-2-3-4/h10-11H,3-9H2,1-2H3;7H,2-6,8H2,1H3;4H,2-3H2,1H3. The number of nitrogens with zero attached hydrogens (tertiary/aromatic N) is 2. The summed E-state index contributed by atoms with van der Waals surface area (Å²) in [6.07, 6.45) is 7.49. The summed E-state index contributed by atoms with van der Waals surface area (Å²) in [7, 11) is 4.39. The molecule has 0 unspecified atom stereocenters. The van der Waals surface area contributed by atoms with Gasteiger partial charge in [-0.05, 0) is 110 Å². The molecular formula is C20H46N4O. The molecule has 2 heterocycles. The lowest BCUT2D eigenvalue weighted by atomic mass is 9.97. The van der Waals surface area contributed by atoms with E-state index < -0.39 is 0 Å². The van der Waals surface area contributed by atoms with Crippen molar-refractivity contribution in [2.45, 2.75) is 52.4 Å². The van der Waals surface area contributed by atoms with E-state index in [2.05, 4.69) is 36.1 Å². The van der Waals surface area contributed by atoms with E-state index in [1.807, 2.05) is 6.92 Å². The zero-order chi connectivity index (χ0) is 18.9. The highest BCUT2D eigenvalue weighted by Crippen LogP contribution is 2.14. The van der Waals surface area contributed by atoms with Gasteiger partial charge in [0.2, 0.25) is 0 Å². The fraction of sp³-hybridized carbons (Fsp3) is 1.00. The van der Waals surface area contributed by atoms with Crippen LogP contribution in [-0.4, -0.2) is 81.4 Å². The monoisotopic (exact) mass is 358 g/mol. The average Bonchev–Trinajstić information content (AvgIpc) is 2.65. The van der Waals surface area contributed by atoms with Crippen LogP contribution >= 0.6 is 0 Å². The van der Waals surface area contributed by atoms with Crippen LogP contribution in [0.4, 0.5) is 0 Å². The van der Waals surface area contributed by atoms with Gasteiger partial charge in [0.25, 0.3) is 0 Å². The molecule has 0 spiro atoms. The molecule has 2 fully saturated rings. The molecule has 4 N–H and O–H groups in total. The van der Waals surface area contributed by atoms with E-state index in [0.717, 1.165) is 24.8 Å². The molecule has 0 aromatic heterocycles. The van der Waals surface area contributed by atoms with Crippen LogP contribution in [-0.2, 0) is 0 Å². The number of nitrogens with one attached hydrogen (secondary N) is 1. The Bertz CT molecular complexity index is 260. The van der Waals surface area contributed by atoms with E-state index in [0.29, 0.717) is 6.61 Å². The van der Waals surface area contributed by atoms with Crippen molar-refractivity contribution < 1.29 is 5.11 Å². The third kappa shape index (κ3) is 14.6. The first-order valence-corrected chi connectivity index (χ1v) is 10.5. The van der Waals surface area contributed by atoms with Crippen molar-refractivity contribution in [2.75, 3.05) is 66.5 Å². The largest absolute Gasteiger partial charge is 0.396 e. The Hall–Kier alpha value is -0.200. The molecule has 2 saturated heterocycles.